The number of aryl methyl sites for hydroxylation is 1. The van der Waals surface area contributed by atoms with Crippen molar-refractivity contribution in [1.29, 1.82) is 0 Å². The zero-order chi connectivity index (χ0) is 11.5. The first-order chi connectivity index (χ1) is 7.72. The highest BCUT2D eigenvalue weighted by Crippen LogP contribution is 2.28. The normalized spacial score (nSPS) is 10.1. The second-order valence-corrected chi connectivity index (χ2v) is 3.46. The number of nitrogens with one attached hydrogen (secondary N) is 1. The molecule has 16 heavy (non-hydrogen) atoms. The smallest absolute Gasteiger partial charge is 0.0454 e. The van der Waals surface area contributed by atoms with Crippen molar-refractivity contribution in [2.45, 2.75) is 6.92 Å². The second kappa shape index (κ2) is 4.18. The summed E-state index contributed by atoms with van der Waals surface area (Å²) >= 11 is 0. The first kappa shape index (κ1) is 10.4. The van der Waals surface area contributed by atoms with Crippen LogP contribution in [0.5, 0.6) is 5.88 Å². The number of aromatic nitrogens is 2. The van der Waals surface area contributed by atoms with E-state index in [1.54, 1.807) is 19.4 Å². The van der Waals surface area contributed by atoms with Gasteiger partial charge in [0.05, 0.1) is 0 Å². The largest absolute Gasteiger partial charge is 0.857 e. The first-order valence-electron chi connectivity index (χ1n) is 4.99. The van der Waals surface area contributed by atoms with Crippen LogP contribution in [0.1, 0.15) is 5.69 Å². The molecule has 0 aliphatic heterocycles. The Kier molecular flexibility index (Phi) is 2.72. The molecule has 0 spiro atoms. The molecular formula is C12H12N3O-. The van der Waals surface area contributed by atoms with Gasteiger partial charge in [-0.05, 0) is 30.7 Å². The molecule has 2 rings (SSSR count). The van der Waals surface area contributed by atoms with E-state index in [-0.39, 0.29) is 5.88 Å². The maximum atomic E-state index is 11.5. The number of anilines is 1. The van der Waals surface area contributed by atoms with Crippen molar-refractivity contribution in [2.24, 2.45) is 0 Å². The van der Waals surface area contributed by atoms with E-state index in [0.29, 0.717) is 5.69 Å². The molecule has 0 amide bonds. The third-order valence-electron chi connectivity index (χ3n) is 2.44. The average Bonchev–Trinajstić information content (AvgIpc) is 2.30. The van der Waals surface area contributed by atoms with Crippen molar-refractivity contribution in [1.82, 2.24) is 9.97 Å². The predicted molar refractivity (Wildman–Crippen MR) is 61.2 cm³/mol. The van der Waals surface area contributed by atoms with Crippen LogP contribution in [-0.2, 0) is 0 Å². The lowest BCUT2D eigenvalue weighted by molar-refractivity contribution is -0.273. The van der Waals surface area contributed by atoms with Crippen molar-refractivity contribution in [3.8, 4) is 17.0 Å². The van der Waals surface area contributed by atoms with Gasteiger partial charge in [0.2, 0.25) is 0 Å². The minimum atomic E-state index is -0.224. The molecule has 0 fully saturated rings. The van der Waals surface area contributed by atoms with Crippen LogP contribution >= 0.6 is 0 Å². The van der Waals surface area contributed by atoms with Crippen LogP contribution in [-0.4, -0.2) is 17.0 Å². The highest BCUT2D eigenvalue weighted by Gasteiger charge is 2.04. The van der Waals surface area contributed by atoms with Gasteiger partial charge < -0.3 is 10.4 Å². The predicted octanol–water partition coefficient (Wildman–Crippen LogP) is 1.57. The monoisotopic (exact) mass is 214 g/mol. The highest BCUT2D eigenvalue weighted by atomic mass is 16.3. The molecule has 0 aliphatic rings. The van der Waals surface area contributed by atoms with E-state index in [4.69, 9.17) is 0 Å². The maximum absolute atomic E-state index is 11.5. The van der Waals surface area contributed by atoms with Crippen molar-refractivity contribution >= 4 is 5.69 Å². The van der Waals surface area contributed by atoms with E-state index < -0.39 is 0 Å². The number of hydrogen-bond acceptors (Lipinski definition) is 4. The molecule has 0 saturated heterocycles. The Balaban J connectivity index is 2.57. The zero-order valence-corrected chi connectivity index (χ0v) is 9.19. The van der Waals surface area contributed by atoms with Crippen molar-refractivity contribution in [3.05, 3.63) is 36.3 Å². The summed E-state index contributed by atoms with van der Waals surface area (Å²) in [6.45, 7) is 1.83. The summed E-state index contributed by atoms with van der Waals surface area (Å²) in [5.74, 6) is -0.224. The molecule has 2 aromatic rings. The Morgan fingerprint density at radius 1 is 1.25 bits per heavy atom. The van der Waals surface area contributed by atoms with Crippen LogP contribution in [0.15, 0.2) is 30.6 Å². The van der Waals surface area contributed by atoms with Gasteiger partial charge in [-0.3, -0.25) is 9.97 Å². The quantitative estimate of drug-likeness (QED) is 0.824. The van der Waals surface area contributed by atoms with Gasteiger partial charge in [-0.1, -0.05) is 0 Å². The lowest BCUT2D eigenvalue weighted by atomic mass is 10.1. The fraction of sp³-hybridized carbons (Fsp3) is 0.167. The molecule has 2 aromatic heterocycles. The van der Waals surface area contributed by atoms with Gasteiger partial charge >= 0.3 is 0 Å². The second-order valence-electron chi connectivity index (χ2n) is 3.46. The summed E-state index contributed by atoms with van der Waals surface area (Å²) in [5, 5.41) is 14.3. The number of hydrogen-bond donors (Lipinski definition) is 1. The summed E-state index contributed by atoms with van der Waals surface area (Å²) in [4.78, 5) is 7.95. The molecule has 0 aromatic carbocycles. The Morgan fingerprint density at radius 3 is 2.56 bits per heavy atom. The fourth-order valence-electron chi connectivity index (χ4n) is 1.59. The van der Waals surface area contributed by atoms with Crippen LogP contribution in [0.2, 0.25) is 0 Å². The molecule has 0 radical (unpaired) electrons. The first-order valence-corrected chi connectivity index (χ1v) is 4.99. The molecule has 0 bridgehead atoms. The molecule has 2 heterocycles. The number of nitrogens with zero attached hydrogens (tertiary/aromatic N) is 2. The fourth-order valence-corrected chi connectivity index (χ4v) is 1.59. The van der Waals surface area contributed by atoms with E-state index in [2.05, 4.69) is 15.3 Å². The highest BCUT2D eigenvalue weighted by molar-refractivity contribution is 5.71. The minimum absolute atomic E-state index is 0.224. The topological polar surface area (TPSA) is 60.9 Å². The van der Waals surface area contributed by atoms with Crippen LogP contribution in [0.3, 0.4) is 0 Å². The standard InChI is InChI=1S/C12H13N3O/c1-8-10(9-3-5-14-6-4-9)7-11(13-2)12(16)15-8/h3-7,13H,1-2H3,(H,15,16)/p-1. The Hall–Kier alpha value is -2.10. The Bertz CT molecular complexity index is 497. The van der Waals surface area contributed by atoms with Gasteiger partial charge in [-0.2, -0.15) is 0 Å². The molecule has 4 heteroatoms. The lowest BCUT2D eigenvalue weighted by Crippen LogP contribution is -2.03. The van der Waals surface area contributed by atoms with E-state index >= 15 is 0 Å². The van der Waals surface area contributed by atoms with E-state index in [1.165, 1.54) is 0 Å². The van der Waals surface area contributed by atoms with E-state index in [9.17, 15) is 5.11 Å². The van der Waals surface area contributed by atoms with Crippen molar-refractivity contribution < 1.29 is 5.11 Å². The summed E-state index contributed by atoms with van der Waals surface area (Å²) in [6.07, 6.45) is 3.44. The minimum Gasteiger partial charge on any atom is -0.857 e. The molecular weight excluding hydrogens is 202 g/mol. The van der Waals surface area contributed by atoms with Crippen LogP contribution in [0, 0.1) is 6.92 Å². The van der Waals surface area contributed by atoms with Gasteiger partial charge in [0.25, 0.3) is 0 Å². The summed E-state index contributed by atoms with van der Waals surface area (Å²) in [6, 6.07) is 5.61. The Morgan fingerprint density at radius 2 is 1.94 bits per heavy atom. The summed E-state index contributed by atoms with van der Waals surface area (Å²) < 4.78 is 0. The molecule has 0 saturated carbocycles. The summed E-state index contributed by atoms with van der Waals surface area (Å²) in [5.41, 5.74) is 3.20. The van der Waals surface area contributed by atoms with E-state index in [0.717, 1.165) is 16.8 Å². The molecule has 82 valence electrons. The number of rotatable bonds is 2. The van der Waals surface area contributed by atoms with Crippen molar-refractivity contribution in [2.75, 3.05) is 12.4 Å². The lowest BCUT2D eigenvalue weighted by Gasteiger charge is -2.15. The molecule has 0 unspecified atom stereocenters. The van der Waals surface area contributed by atoms with Crippen molar-refractivity contribution in [3.63, 3.8) is 0 Å². The summed E-state index contributed by atoms with van der Waals surface area (Å²) in [7, 11) is 1.71. The zero-order valence-electron chi connectivity index (χ0n) is 9.19. The third-order valence-corrected chi connectivity index (χ3v) is 2.44. The number of pyridine rings is 2. The molecule has 0 atom stereocenters. The van der Waals surface area contributed by atoms with Gasteiger partial charge in [0.15, 0.2) is 0 Å². The molecule has 4 nitrogen and oxygen atoms in total. The van der Waals surface area contributed by atoms with Crippen LogP contribution in [0.4, 0.5) is 5.69 Å². The average molecular weight is 214 g/mol. The molecule has 1 N–H and O–H groups in total. The van der Waals surface area contributed by atoms with Gasteiger partial charge in [0, 0.05) is 42.3 Å². The third kappa shape index (κ3) is 1.82. The van der Waals surface area contributed by atoms with Crippen LogP contribution < -0.4 is 10.4 Å². The van der Waals surface area contributed by atoms with Gasteiger partial charge in [0.1, 0.15) is 0 Å². The van der Waals surface area contributed by atoms with Crippen LogP contribution in [0.25, 0.3) is 11.1 Å². The molecule has 0 aliphatic carbocycles. The van der Waals surface area contributed by atoms with Gasteiger partial charge in [-0.25, -0.2) is 0 Å². The van der Waals surface area contributed by atoms with E-state index in [1.807, 2.05) is 25.1 Å². The SMILES string of the molecule is CNc1cc(-c2ccncc2)c(C)nc1[O-]. The Labute approximate surface area is 94.0 Å². The maximum Gasteiger partial charge on any atom is 0.0454 e. The van der Waals surface area contributed by atoms with Gasteiger partial charge in [-0.15, -0.1) is 0 Å².